The lowest BCUT2D eigenvalue weighted by Crippen LogP contribution is -2.44. The van der Waals surface area contributed by atoms with Crippen LogP contribution in [0, 0.1) is 6.07 Å². The highest BCUT2D eigenvalue weighted by Crippen LogP contribution is 2.41. The first-order chi connectivity index (χ1) is 14.4. The van der Waals surface area contributed by atoms with Gasteiger partial charge in [-0.3, -0.25) is 0 Å². The highest BCUT2D eigenvalue weighted by Gasteiger charge is 2.40. The third-order valence-electron chi connectivity index (χ3n) is 6.89. The Balaban J connectivity index is 2.57. The average Bonchev–Trinajstić information content (AvgIpc) is 2.60. The fourth-order valence-corrected chi connectivity index (χ4v) is 5.06. The summed E-state index contributed by atoms with van der Waals surface area (Å²) >= 11 is 3.64. The minimum Gasteiger partial charge on any atom is -0.543 e. The van der Waals surface area contributed by atoms with Crippen LogP contribution in [0.2, 0.25) is 36.3 Å². The number of rotatable bonds is 6. The van der Waals surface area contributed by atoms with E-state index in [0.29, 0.717) is 0 Å². The molecule has 0 aromatic heterocycles. The van der Waals surface area contributed by atoms with Gasteiger partial charge in [0.05, 0.1) is 0 Å². The smallest absolute Gasteiger partial charge is 0.250 e. The number of hydrogen-bond acceptors (Lipinski definition) is 2. The standard InChI is InChI=1S/C27H40BrO2Si2/c1-20(16-21-14-12-13-15-25(21)28)22-17-23(29-31(8,9)26(2,3)4)19-24(18-22)30-32(10,11)27(5,6)7/h12-13,15-19H,1-11H3/b20-16+. The molecule has 0 saturated carbocycles. The monoisotopic (exact) mass is 531 g/mol. The summed E-state index contributed by atoms with van der Waals surface area (Å²) in [5, 5.41) is 0.246. The SMILES string of the molecule is C/C(=C\c1[c]cccc1Br)c1cc(O[Si](C)(C)C(C)(C)C)cc(O[Si](C)(C)C(C)(C)C)c1. The Bertz CT molecular complexity index is 934. The normalized spacial score (nSPS) is 13.8. The molecule has 5 heteroatoms. The average molecular weight is 533 g/mol. The maximum Gasteiger partial charge on any atom is 0.250 e. The topological polar surface area (TPSA) is 18.5 Å². The minimum atomic E-state index is -1.98. The summed E-state index contributed by atoms with van der Waals surface area (Å²) in [5.41, 5.74) is 3.29. The molecule has 0 saturated heterocycles. The zero-order chi connectivity index (χ0) is 24.5. The van der Waals surface area contributed by atoms with E-state index < -0.39 is 16.6 Å². The molecule has 2 rings (SSSR count). The molecule has 0 N–H and O–H groups in total. The molecule has 32 heavy (non-hydrogen) atoms. The minimum absolute atomic E-state index is 0.123. The van der Waals surface area contributed by atoms with Crippen molar-refractivity contribution in [3.05, 3.63) is 58.1 Å². The molecule has 175 valence electrons. The first kappa shape index (κ1) is 26.9. The highest BCUT2D eigenvalue weighted by atomic mass is 79.9. The summed E-state index contributed by atoms with van der Waals surface area (Å²) in [5.74, 6) is 1.79. The van der Waals surface area contributed by atoms with Crippen LogP contribution in [0.15, 0.2) is 40.9 Å². The largest absolute Gasteiger partial charge is 0.543 e. The lowest BCUT2D eigenvalue weighted by molar-refractivity contribution is 0.474. The summed E-state index contributed by atoms with van der Waals surface area (Å²) in [6.45, 7) is 24.9. The third kappa shape index (κ3) is 6.61. The fraction of sp³-hybridized carbons (Fsp3) is 0.481. The van der Waals surface area contributed by atoms with Gasteiger partial charge < -0.3 is 8.85 Å². The van der Waals surface area contributed by atoms with E-state index in [1.807, 2.05) is 18.2 Å². The number of benzene rings is 2. The maximum atomic E-state index is 6.70. The van der Waals surface area contributed by atoms with Crippen LogP contribution in [0.5, 0.6) is 11.5 Å². The van der Waals surface area contributed by atoms with Crippen LogP contribution >= 0.6 is 15.9 Å². The van der Waals surface area contributed by atoms with Crippen LogP contribution in [0.4, 0.5) is 0 Å². The van der Waals surface area contributed by atoms with Crippen molar-refractivity contribution in [1.29, 1.82) is 0 Å². The van der Waals surface area contributed by atoms with Gasteiger partial charge in [0.2, 0.25) is 16.6 Å². The first-order valence-corrected chi connectivity index (χ1v) is 17.9. The Labute approximate surface area is 206 Å². The van der Waals surface area contributed by atoms with Gasteiger partial charge in [-0.05, 0) is 90.2 Å². The Morgan fingerprint density at radius 1 is 0.875 bits per heavy atom. The fourth-order valence-electron chi connectivity index (χ4n) is 2.65. The van der Waals surface area contributed by atoms with Crippen molar-refractivity contribution in [2.24, 2.45) is 0 Å². The van der Waals surface area contributed by atoms with Crippen LogP contribution in [0.3, 0.4) is 0 Å². The molecule has 0 aliphatic rings. The summed E-state index contributed by atoms with van der Waals surface area (Å²) in [6.07, 6.45) is 2.16. The van der Waals surface area contributed by atoms with Crippen LogP contribution in [0.25, 0.3) is 11.6 Å². The van der Waals surface area contributed by atoms with Crippen molar-refractivity contribution in [2.75, 3.05) is 0 Å². The van der Waals surface area contributed by atoms with E-state index in [1.165, 1.54) is 0 Å². The van der Waals surface area contributed by atoms with Crippen molar-refractivity contribution in [3.63, 3.8) is 0 Å². The summed E-state index contributed by atoms with van der Waals surface area (Å²) < 4.78 is 14.4. The van der Waals surface area contributed by atoms with Gasteiger partial charge in [-0.1, -0.05) is 69.6 Å². The molecule has 0 fully saturated rings. The van der Waals surface area contributed by atoms with Crippen molar-refractivity contribution < 1.29 is 8.85 Å². The summed E-state index contributed by atoms with van der Waals surface area (Å²) in [4.78, 5) is 0. The number of allylic oxidation sites excluding steroid dienone is 1. The molecular formula is C27H40BrO2Si2. The van der Waals surface area contributed by atoms with E-state index in [0.717, 1.165) is 32.7 Å². The summed E-state index contributed by atoms with van der Waals surface area (Å²) in [6, 6.07) is 15.7. The van der Waals surface area contributed by atoms with Crippen molar-refractivity contribution in [3.8, 4) is 11.5 Å². The van der Waals surface area contributed by atoms with Gasteiger partial charge in [0.1, 0.15) is 11.5 Å². The van der Waals surface area contributed by atoms with Gasteiger partial charge in [0.15, 0.2) is 0 Å². The highest BCUT2D eigenvalue weighted by molar-refractivity contribution is 9.10. The van der Waals surface area contributed by atoms with Gasteiger partial charge in [-0.25, -0.2) is 0 Å². The second-order valence-corrected chi connectivity index (χ2v) is 22.0. The number of hydrogen-bond donors (Lipinski definition) is 0. The molecule has 0 amide bonds. The van der Waals surface area contributed by atoms with Crippen molar-refractivity contribution in [2.45, 2.75) is 84.7 Å². The molecule has 0 atom stereocenters. The van der Waals surface area contributed by atoms with E-state index in [2.05, 4.69) is 121 Å². The maximum absolute atomic E-state index is 6.70. The van der Waals surface area contributed by atoms with Gasteiger partial charge in [-0.2, -0.15) is 0 Å². The van der Waals surface area contributed by atoms with Crippen LogP contribution in [-0.4, -0.2) is 16.6 Å². The third-order valence-corrected chi connectivity index (χ3v) is 16.3. The van der Waals surface area contributed by atoms with Gasteiger partial charge in [-0.15, -0.1) is 0 Å². The molecule has 0 heterocycles. The van der Waals surface area contributed by atoms with E-state index in [4.69, 9.17) is 8.85 Å². The molecule has 2 nitrogen and oxygen atoms in total. The number of halogens is 1. The molecular weight excluding hydrogens is 492 g/mol. The second-order valence-electron chi connectivity index (χ2n) is 11.7. The molecule has 0 bridgehead atoms. The molecule has 2 aromatic carbocycles. The van der Waals surface area contributed by atoms with E-state index in [9.17, 15) is 0 Å². The first-order valence-electron chi connectivity index (χ1n) is 11.3. The Morgan fingerprint density at radius 2 is 1.34 bits per heavy atom. The van der Waals surface area contributed by atoms with Crippen LogP contribution in [-0.2, 0) is 0 Å². The molecule has 0 unspecified atom stereocenters. The van der Waals surface area contributed by atoms with Gasteiger partial charge >= 0.3 is 0 Å². The molecule has 0 spiro atoms. The molecule has 1 radical (unpaired) electrons. The Morgan fingerprint density at radius 3 is 1.75 bits per heavy atom. The van der Waals surface area contributed by atoms with E-state index in [1.54, 1.807) is 0 Å². The predicted molar refractivity (Wildman–Crippen MR) is 149 cm³/mol. The van der Waals surface area contributed by atoms with E-state index >= 15 is 0 Å². The van der Waals surface area contributed by atoms with Gasteiger partial charge in [0.25, 0.3) is 0 Å². The lowest BCUT2D eigenvalue weighted by atomic mass is 10.0. The Kier molecular flexibility index (Phi) is 8.01. The predicted octanol–water partition coefficient (Wildman–Crippen LogP) is 9.58. The van der Waals surface area contributed by atoms with Crippen LogP contribution < -0.4 is 8.85 Å². The lowest BCUT2D eigenvalue weighted by Gasteiger charge is -2.38. The Hall–Kier alpha value is -1.31. The quantitative estimate of drug-likeness (QED) is 0.272. The van der Waals surface area contributed by atoms with Crippen molar-refractivity contribution >= 4 is 44.2 Å². The molecule has 0 aliphatic heterocycles. The second kappa shape index (κ2) is 9.51. The van der Waals surface area contributed by atoms with E-state index in [-0.39, 0.29) is 10.1 Å². The molecule has 2 aromatic rings. The zero-order valence-electron chi connectivity index (χ0n) is 21.7. The zero-order valence-corrected chi connectivity index (χ0v) is 25.3. The van der Waals surface area contributed by atoms with Crippen LogP contribution in [0.1, 0.15) is 59.6 Å². The molecule has 0 aliphatic carbocycles. The summed E-state index contributed by atoms with van der Waals surface area (Å²) in [7, 11) is -3.96. The van der Waals surface area contributed by atoms with Gasteiger partial charge in [0, 0.05) is 10.5 Å². The van der Waals surface area contributed by atoms with Crippen molar-refractivity contribution in [1.82, 2.24) is 0 Å².